The fourth-order valence-electron chi connectivity index (χ4n) is 4.04. The lowest BCUT2D eigenvalue weighted by atomic mass is 10.0. The molecule has 0 spiro atoms. The first-order valence-corrected chi connectivity index (χ1v) is 9.81. The number of benzene rings is 3. The molecule has 29 heavy (non-hydrogen) atoms. The van der Waals surface area contributed by atoms with Crippen LogP contribution in [0.25, 0.3) is 22.5 Å². The van der Waals surface area contributed by atoms with E-state index in [1.165, 1.54) is 23.0 Å². The Labute approximate surface area is 168 Å². The quantitative estimate of drug-likeness (QED) is 0.531. The number of fused-ring (bicyclic) bond motifs is 1. The molecule has 1 aliphatic carbocycles. The van der Waals surface area contributed by atoms with Crippen LogP contribution in [0.1, 0.15) is 16.7 Å². The zero-order valence-electron chi connectivity index (χ0n) is 15.9. The molecule has 1 aliphatic rings. The van der Waals surface area contributed by atoms with Crippen molar-refractivity contribution in [1.29, 1.82) is 0 Å². The zero-order chi connectivity index (χ0) is 19.6. The van der Waals surface area contributed by atoms with Crippen LogP contribution < -0.4 is 5.32 Å². The molecule has 0 amide bonds. The number of hydrogen-bond acceptors (Lipinski definition) is 3. The van der Waals surface area contributed by atoms with E-state index in [-0.39, 0.29) is 5.82 Å². The number of nitrogens with zero attached hydrogens (tertiary/aromatic N) is 2. The van der Waals surface area contributed by atoms with Crippen molar-refractivity contribution in [3.63, 3.8) is 0 Å². The highest BCUT2D eigenvalue weighted by Crippen LogP contribution is 2.29. The molecule has 3 aromatic carbocycles. The van der Waals surface area contributed by atoms with Crippen LogP contribution in [0.2, 0.25) is 0 Å². The van der Waals surface area contributed by atoms with Gasteiger partial charge in [-0.2, -0.15) is 5.10 Å². The molecule has 0 radical (unpaired) electrons. The van der Waals surface area contributed by atoms with Gasteiger partial charge in [0.2, 0.25) is 0 Å². The van der Waals surface area contributed by atoms with Gasteiger partial charge in [-0.05, 0) is 41.2 Å². The van der Waals surface area contributed by atoms with Gasteiger partial charge < -0.3 is 5.32 Å². The van der Waals surface area contributed by atoms with Gasteiger partial charge >= 0.3 is 0 Å². The minimum atomic E-state index is -0.293. The molecule has 0 fully saturated rings. The van der Waals surface area contributed by atoms with Crippen molar-refractivity contribution in [2.24, 2.45) is 0 Å². The molecule has 0 unspecified atom stereocenters. The normalized spacial score (nSPS) is 13.6. The average molecular weight is 384 g/mol. The predicted molar refractivity (Wildman–Crippen MR) is 112 cm³/mol. The Hall–Kier alpha value is -3.31. The van der Waals surface area contributed by atoms with Gasteiger partial charge in [-0.1, -0.05) is 60.7 Å². The van der Waals surface area contributed by atoms with Crippen LogP contribution in [0.3, 0.4) is 0 Å². The highest BCUT2D eigenvalue weighted by atomic mass is 19.1. The van der Waals surface area contributed by atoms with Gasteiger partial charge in [-0.3, -0.25) is 5.10 Å². The van der Waals surface area contributed by atoms with Gasteiger partial charge in [0.15, 0.2) is 5.82 Å². The molecule has 1 heterocycles. The van der Waals surface area contributed by atoms with E-state index in [0.717, 1.165) is 24.9 Å². The minimum Gasteiger partial charge on any atom is -0.309 e. The lowest BCUT2D eigenvalue weighted by Gasteiger charge is -2.13. The van der Waals surface area contributed by atoms with Crippen molar-refractivity contribution < 1.29 is 4.39 Å². The number of nitrogens with one attached hydrogen (secondary N) is 2. The SMILES string of the molecule is Fc1c(-c2ccc(CNC3Cc4ccccc4C3)cc2)cccc1-c1ncn[nH]1. The third-order valence-electron chi connectivity index (χ3n) is 5.58. The van der Waals surface area contributed by atoms with Gasteiger partial charge in [0.1, 0.15) is 12.1 Å². The molecular weight excluding hydrogens is 363 g/mol. The molecule has 5 heteroatoms. The van der Waals surface area contributed by atoms with Gasteiger partial charge in [-0.25, -0.2) is 9.37 Å². The summed E-state index contributed by atoms with van der Waals surface area (Å²) >= 11 is 0. The number of rotatable bonds is 5. The van der Waals surface area contributed by atoms with Crippen LogP contribution in [-0.4, -0.2) is 21.2 Å². The Bertz CT molecular complexity index is 1100. The summed E-state index contributed by atoms with van der Waals surface area (Å²) in [5.41, 5.74) is 5.92. The van der Waals surface area contributed by atoms with Crippen LogP contribution in [0.5, 0.6) is 0 Å². The van der Waals surface area contributed by atoms with Crippen molar-refractivity contribution in [3.8, 4) is 22.5 Å². The second-order valence-corrected chi connectivity index (χ2v) is 7.45. The highest BCUT2D eigenvalue weighted by molar-refractivity contribution is 5.71. The Kier molecular flexibility index (Phi) is 4.66. The molecule has 2 N–H and O–H groups in total. The summed E-state index contributed by atoms with van der Waals surface area (Å²) < 4.78 is 15.0. The first-order chi connectivity index (χ1) is 14.3. The van der Waals surface area contributed by atoms with Crippen molar-refractivity contribution in [2.75, 3.05) is 0 Å². The number of H-pyrrole nitrogens is 1. The molecule has 4 aromatic rings. The predicted octanol–water partition coefficient (Wildman–Crippen LogP) is 4.53. The van der Waals surface area contributed by atoms with Gasteiger partial charge in [0.05, 0.1) is 5.56 Å². The average Bonchev–Trinajstić information content (AvgIpc) is 3.42. The molecular formula is C24H21FN4. The monoisotopic (exact) mass is 384 g/mol. The van der Waals surface area contributed by atoms with Crippen molar-refractivity contribution >= 4 is 0 Å². The van der Waals surface area contributed by atoms with Crippen LogP contribution in [0.4, 0.5) is 4.39 Å². The Morgan fingerprint density at radius 3 is 2.31 bits per heavy atom. The third-order valence-corrected chi connectivity index (χ3v) is 5.58. The fraction of sp³-hybridized carbons (Fsp3) is 0.167. The van der Waals surface area contributed by atoms with Crippen LogP contribution >= 0.6 is 0 Å². The van der Waals surface area contributed by atoms with Crippen molar-refractivity contribution in [3.05, 3.63) is 95.6 Å². The van der Waals surface area contributed by atoms with Gasteiger partial charge in [0, 0.05) is 18.2 Å². The van der Waals surface area contributed by atoms with E-state index in [4.69, 9.17) is 0 Å². The maximum absolute atomic E-state index is 15.0. The molecule has 0 saturated heterocycles. The summed E-state index contributed by atoms with van der Waals surface area (Å²) in [7, 11) is 0. The van der Waals surface area contributed by atoms with E-state index in [2.05, 4.69) is 56.9 Å². The highest BCUT2D eigenvalue weighted by Gasteiger charge is 2.20. The molecule has 0 aliphatic heterocycles. The van der Waals surface area contributed by atoms with Gasteiger partial charge in [-0.15, -0.1) is 0 Å². The number of aromatic amines is 1. The first-order valence-electron chi connectivity index (χ1n) is 9.81. The Morgan fingerprint density at radius 2 is 1.62 bits per heavy atom. The minimum absolute atomic E-state index is 0.293. The third kappa shape index (κ3) is 3.57. The van der Waals surface area contributed by atoms with E-state index < -0.39 is 0 Å². The smallest absolute Gasteiger partial charge is 0.158 e. The fourth-order valence-corrected chi connectivity index (χ4v) is 4.04. The van der Waals surface area contributed by atoms with Crippen LogP contribution in [0.15, 0.2) is 73.1 Å². The summed E-state index contributed by atoms with van der Waals surface area (Å²) in [4.78, 5) is 4.06. The Balaban J connectivity index is 1.28. The largest absolute Gasteiger partial charge is 0.309 e. The lowest BCUT2D eigenvalue weighted by molar-refractivity contribution is 0.533. The summed E-state index contributed by atoms with van der Waals surface area (Å²) in [6.45, 7) is 0.805. The van der Waals surface area contributed by atoms with E-state index in [9.17, 15) is 0 Å². The molecule has 0 saturated carbocycles. The maximum atomic E-state index is 15.0. The van der Waals surface area contributed by atoms with Crippen molar-refractivity contribution in [2.45, 2.75) is 25.4 Å². The van der Waals surface area contributed by atoms with Crippen molar-refractivity contribution in [1.82, 2.24) is 20.5 Å². The van der Waals surface area contributed by atoms with Gasteiger partial charge in [0.25, 0.3) is 0 Å². The number of aromatic nitrogens is 3. The Morgan fingerprint density at radius 1 is 0.897 bits per heavy atom. The second kappa shape index (κ2) is 7.60. The van der Waals surface area contributed by atoms with Crippen LogP contribution in [0, 0.1) is 5.82 Å². The molecule has 1 aromatic heterocycles. The molecule has 0 bridgehead atoms. The van der Waals surface area contributed by atoms with E-state index >= 15 is 4.39 Å². The second-order valence-electron chi connectivity index (χ2n) is 7.45. The lowest BCUT2D eigenvalue weighted by Crippen LogP contribution is -2.28. The summed E-state index contributed by atoms with van der Waals surface area (Å²) in [5.74, 6) is 0.140. The zero-order valence-corrected chi connectivity index (χ0v) is 15.9. The summed E-state index contributed by atoms with van der Waals surface area (Å²) in [5, 5.41) is 10.2. The van der Waals surface area contributed by atoms with E-state index in [0.29, 0.717) is 23.0 Å². The summed E-state index contributed by atoms with van der Waals surface area (Å²) in [6.07, 6.45) is 3.54. The molecule has 4 nitrogen and oxygen atoms in total. The topological polar surface area (TPSA) is 53.6 Å². The molecule has 0 atom stereocenters. The number of hydrogen-bond donors (Lipinski definition) is 2. The standard InChI is InChI=1S/C24H21FN4/c25-23-21(6-3-7-22(23)24-27-15-28-29-24)17-10-8-16(9-11-17)14-26-20-12-18-4-1-2-5-19(18)13-20/h1-11,15,20,26H,12-14H2,(H,27,28,29). The first kappa shape index (κ1) is 17.8. The summed E-state index contributed by atoms with van der Waals surface area (Å²) in [6, 6.07) is 22.5. The molecule has 144 valence electrons. The number of halogens is 1. The molecule has 5 rings (SSSR count). The van der Waals surface area contributed by atoms with Crippen LogP contribution in [-0.2, 0) is 19.4 Å². The maximum Gasteiger partial charge on any atom is 0.158 e. The van der Waals surface area contributed by atoms with E-state index in [1.54, 1.807) is 12.1 Å². The van der Waals surface area contributed by atoms with E-state index in [1.807, 2.05) is 18.2 Å².